The van der Waals surface area contributed by atoms with Crippen molar-refractivity contribution >= 4 is 5.97 Å². The van der Waals surface area contributed by atoms with Gasteiger partial charge in [0.25, 0.3) is 0 Å². The Bertz CT molecular complexity index is 339. The van der Waals surface area contributed by atoms with Crippen molar-refractivity contribution in [2.45, 2.75) is 33.4 Å². The highest BCUT2D eigenvalue weighted by molar-refractivity contribution is 5.71. The van der Waals surface area contributed by atoms with Crippen LogP contribution in [0.1, 0.15) is 26.5 Å². The molecule has 17 heavy (non-hydrogen) atoms. The minimum Gasteiger partial charge on any atom is -0.462 e. The Morgan fingerprint density at radius 1 is 1.47 bits per heavy atom. The van der Waals surface area contributed by atoms with Gasteiger partial charge in [-0.05, 0) is 32.5 Å². The average molecular weight is 236 g/mol. The van der Waals surface area contributed by atoms with E-state index in [1.807, 2.05) is 43.9 Å². The summed E-state index contributed by atoms with van der Waals surface area (Å²) >= 11 is 0. The number of hydrogen-bond acceptors (Lipinski definition) is 4. The lowest BCUT2D eigenvalue weighted by atomic mass is 10.3. The summed E-state index contributed by atoms with van der Waals surface area (Å²) in [5, 5.41) is 0. The number of rotatable bonds is 6. The fourth-order valence-electron chi connectivity index (χ4n) is 1.48. The third-order valence-electron chi connectivity index (χ3n) is 2.28. The summed E-state index contributed by atoms with van der Waals surface area (Å²) < 4.78 is 5.12. The van der Waals surface area contributed by atoms with Crippen molar-refractivity contribution in [2.24, 2.45) is 0 Å². The van der Waals surface area contributed by atoms with Crippen molar-refractivity contribution in [3.05, 3.63) is 30.1 Å². The fourth-order valence-corrected chi connectivity index (χ4v) is 1.48. The average Bonchev–Trinajstić information content (AvgIpc) is 2.28. The molecule has 4 nitrogen and oxygen atoms in total. The van der Waals surface area contributed by atoms with E-state index in [0.717, 1.165) is 12.2 Å². The second kappa shape index (κ2) is 7.01. The van der Waals surface area contributed by atoms with Gasteiger partial charge in [-0.25, -0.2) is 0 Å². The van der Waals surface area contributed by atoms with Gasteiger partial charge in [0, 0.05) is 12.7 Å². The third kappa shape index (κ3) is 5.45. The van der Waals surface area contributed by atoms with Crippen LogP contribution in [0.5, 0.6) is 0 Å². The van der Waals surface area contributed by atoms with Gasteiger partial charge in [-0.3, -0.25) is 14.7 Å². The molecule has 0 aromatic carbocycles. The Morgan fingerprint density at radius 2 is 2.24 bits per heavy atom. The number of hydrogen-bond donors (Lipinski definition) is 0. The van der Waals surface area contributed by atoms with Crippen LogP contribution in [0.3, 0.4) is 0 Å². The highest BCUT2D eigenvalue weighted by Gasteiger charge is 2.12. The predicted octanol–water partition coefficient (Wildman–Crippen LogP) is 1.86. The molecule has 1 aromatic heterocycles. The number of likely N-dealkylation sites (N-methyl/N-ethyl adjacent to an activating group) is 1. The molecule has 0 saturated carbocycles. The van der Waals surface area contributed by atoms with Gasteiger partial charge in [0.05, 0.1) is 18.3 Å². The lowest BCUT2D eigenvalue weighted by molar-refractivity contribution is -0.148. The van der Waals surface area contributed by atoms with E-state index in [9.17, 15) is 4.79 Å². The van der Waals surface area contributed by atoms with E-state index >= 15 is 0 Å². The summed E-state index contributed by atoms with van der Waals surface area (Å²) in [6, 6.07) is 5.78. The van der Waals surface area contributed by atoms with Crippen LogP contribution in [0, 0.1) is 0 Å². The van der Waals surface area contributed by atoms with E-state index in [2.05, 4.69) is 4.98 Å². The fraction of sp³-hybridized carbons (Fsp3) is 0.538. The van der Waals surface area contributed by atoms with Crippen LogP contribution in [0.2, 0.25) is 0 Å². The largest absolute Gasteiger partial charge is 0.462 e. The molecule has 0 aliphatic heterocycles. The highest BCUT2D eigenvalue weighted by atomic mass is 16.5. The van der Waals surface area contributed by atoms with Crippen LogP contribution in [-0.4, -0.2) is 35.0 Å². The Kier molecular flexibility index (Phi) is 5.63. The minimum absolute atomic E-state index is 0.0592. The topological polar surface area (TPSA) is 42.4 Å². The second-order valence-corrected chi connectivity index (χ2v) is 4.16. The van der Waals surface area contributed by atoms with E-state index < -0.39 is 0 Å². The van der Waals surface area contributed by atoms with Gasteiger partial charge in [-0.15, -0.1) is 0 Å². The van der Waals surface area contributed by atoms with Crippen molar-refractivity contribution in [3.63, 3.8) is 0 Å². The molecule has 0 amide bonds. The van der Waals surface area contributed by atoms with Crippen LogP contribution in [0.25, 0.3) is 0 Å². The van der Waals surface area contributed by atoms with Crippen LogP contribution in [0.15, 0.2) is 24.4 Å². The predicted molar refractivity (Wildman–Crippen MR) is 66.4 cm³/mol. The second-order valence-electron chi connectivity index (χ2n) is 4.16. The van der Waals surface area contributed by atoms with Crippen molar-refractivity contribution in [1.29, 1.82) is 0 Å². The maximum Gasteiger partial charge on any atom is 0.320 e. The normalized spacial score (nSPS) is 10.9. The number of nitrogens with zero attached hydrogens (tertiary/aromatic N) is 2. The maximum absolute atomic E-state index is 11.5. The van der Waals surface area contributed by atoms with Crippen molar-refractivity contribution in [2.75, 3.05) is 13.1 Å². The summed E-state index contributed by atoms with van der Waals surface area (Å²) in [5.41, 5.74) is 0.965. The molecule has 0 saturated heterocycles. The number of aromatic nitrogens is 1. The number of ether oxygens (including phenoxy) is 1. The van der Waals surface area contributed by atoms with Crippen molar-refractivity contribution < 1.29 is 9.53 Å². The minimum atomic E-state index is -0.183. The van der Waals surface area contributed by atoms with Gasteiger partial charge in [0.15, 0.2) is 0 Å². The number of carbonyl (C=O) groups is 1. The van der Waals surface area contributed by atoms with Crippen molar-refractivity contribution in [1.82, 2.24) is 9.88 Å². The van der Waals surface area contributed by atoms with Crippen LogP contribution in [-0.2, 0) is 16.1 Å². The van der Waals surface area contributed by atoms with Gasteiger partial charge in [0.2, 0.25) is 0 Å². The molecule has 1 heterocycles. The molecule has 0 aliphatic carbocycles. The Hall–Kier alpha value is -1.42. The number of carbonyl (C=O) groups excluding carboxylic acids is 1. The van der Waals surface area contributed by atoms with E-state index in [4.69, 9.17) is 4.74 Å². The number of pyridine rings is 1. The van der Waals surface area contributed by atoms with Crippen LogP contribution in [0.4, 0.5) is 0 Å². The summed E-state index contributed by atoms with van der Waals surface area (Å²) in [4.78, 5) is 17.8. The number of esters is 1. The lowest BCUT2D eigenvalue weighted by Crippen LogP contribution is -2.31. The smallest absolute Gasteiger partial charge is 0.320 e. The van der Waals surface area contributed by atoms with E-state index in [1.54, 1.807) is 6.20 Å². The van der Waals surface area contributed by atoms with E-state index in [-0.39, 0.29) is 12.1 Å². The third-order valence-corrected chi connectivity index (χ3v) is 2.28. The zero-order chi connectivity index (χ0) is 12.7. The summed E-state index contributed by atoms with van der Waals surface area (Å²) in [5.74, 6) is -0.183. The molecular formula is C13H20N2O2. The van der Waals surface area contributed by atoms with Gasteiger partial charge < -0.3 is 4.74 Å². The zero-order valence-corrected chi connectivity index (χ0v) is 10.7. The van der Waals surface area contributed by atoms with Crippen LogP contribution < -0.4 is 0 Å². The first kappa shape index (κ1) is 13.6. The first-order valence-corrected chi connectivity index (χ1v) is 5.93. The summed E-state index contributed by atoms with van der Waals surface area (Å²) in [6.45, 7) is 7.50. The molecule has 1 rings (SSSR count). The molecule has 4 heteroatoms. The van der Waals surface area contributed by atoms with Gasteiger partial charge in [-0.1, -0.05) is 13.0 Å². The van der Waals surface area contributed by atoms with Gasteiger partial charge in [0.1, 0.15) is 0 Å². The first-order valence-electron chi connectivity index (χ1n) is 5.93. The molecule has 0 aliphatic rings. The Labute approximate surface area is 103 Å². The molecule has 0 N–H and O–H groups in total. The lowest BCUT2D eigenvalue weighted by Gasteiger charge is -2.19. The van der Waals surface area contributed by atoms with E-state index in [0.29, 0.717) is 13.1 Å². The maximum atomic E-state index is 11.5. The standard InChI is InChI=1S/C13H20N2O2/c1-4-15(10-13(16)17-11(2)3)9-12-7-5-6-8-14-12/h5-8,11H,4,9-10H2,1-3H3. The van der Waals surface area contributed by atoms with Gasteiger partial charge in [-0.2, -0.15) is 0 Å². The summed E-state index contributed by atoms with van der Waals surface area (Å²) in [6.07, 6.45) is 1.70. The highest BCUT2D eigenvalue weighted by Crippen LogP contribution is 2.01. The molecule has 0 radical (unpaired) electrons. The molecule has 0 spiro atoms. The molecular weight excluding hydrogens is 216 g/mol. The monoisotopic (exact) mass is 236 g/mol. The Morgan fingerprint density at radius 3 is 2.76 bits per heavy atom. The molecule has 0 fully saturated rings. The molecule has 1 aromatic rings. The summed E-state index contributed by atoms with van der Waals surface area (Å²) in [7, 11) is 0. The quantitative estimate of drug-likeness (QED) is 0.707. The molecule has 0 bridgehead atoms. The molecule has 94 valence electrons. The molecule has 0 atom stereocenters. The van der Waals surface area contributed by atoms with Crippen molar-refractivity contribution in [3.8, 4) is 0 Å². The van der Waals surface area contributed by atoms with E-state index in [1.165, 1.54) is 0 Å². The molecule has 0 unspecified atom stereocenters. The SMILES string of the molecule is CCN(CC(=O)OC(C)C)Cc1ccccn1. The first-order chi connectivity index (χ1) is 8.11. The zero-order valence-electron chi connectivity index (χ0n) is 10.7. The Balaban J connectivity index is 2.46. The van der Waals surface area contributed by atoms with Gasteiger partial charge >= 0.3 is 5.97 Å². The van der Waals surface area contributed by atoms with Crippen LogP contribution >= 0.6 is 0 Å².